The number of carbonyl (C=O) groups is 2. The van der Waals surface area contributed by atoms with Crippen molar-refractivity contribution in [2.45, 2.75) is 59.0 Å². The molecule has 3 rings (SSSR count). The molecule has 0 spiro atoms. The molecule has 32 heavy (non-hydrogen) atoms. The Morgan fingerprint density at radius 3 is 2.75 bits per heavy atom. The second kappa shape index (κ2) is 10.9. The minimum Gasteiger partial charge on any atom is -0.491 e. The lowest BCUT2D eigenvalue weighted by molar-refractivity contribution is -0.144. The van der Waals surface area contributed by atoms with Crippen LogP contribution < -0.4 is 4.74 Å². The largest absolute Gasteiger partial charge is 0.491 e. The van der Waals surface area contributed by atoms with Crippen molar-refractivity contribution in [3.8, 4) is 5.75 Å². The van der Waals surface area contributed by atoms with E-state index in [0.717, 1.165) is 18.4 Å². The summed E-state index contributed by atoms with van der Waals surface area (Å²) < 4.78 is 19.5. The van der Waals surface area contributed by atoms with Gasteiger partial charge in [-0.05, 0) is 54.8 Å². The molecule has 2 amide bonds. The van der Waals surface area contributed by atoms with E-state index in [-0.39, 0.29) is 48.8 Å². The number of hydrogen-bond acceptors (Lipinski definition) is 4. The molecule has 2 heterocycles. The third-order valence-electron chi connectivity index (χ3n) is 5.95. The summed E-state index contributed by atoms with van der Waals surface area (Å²) in [5, 5.41) is 2.03. The highest BCUT2D eigenvalue weighted by molar-refractivity contribution is 7.10. The Kier molecular flexibility index (Phi) is 8.29. The first-order valence-corrected chi connectivity index (χ1v) is 12.2. The molecular weight excluding hydrogens is 427 g/mol. The van der Waals surface area contributed by atoms with Gasteiger partial charge in [-0.2, -0.15) is 0 Å². The van der Waals surface area contributed by atoms with E-state index in [9.17, 15) is 14.0 Å². The summed E-state index contributed by atoms with van der Waals surface area (Å²) in [6.45, 7) is 8.92. The first kappa shape index (κ1) is 24.2. The number of ether oxygens (including phenoxy) is 1. The van der Waals surface area contributed by atoms with E-state index < -0.39 is 0 Å². The molecule has 5 nitrogen and oxygen atoms in total. The van der Waals surface area contributed by atoms with Crippen LogP contribution in [0.2, 0.25) is 0 Å². The number of rotatable bonds is 9. The van der Waals surface area contributed by atoms with Crippen molar-refractivity contribution in [3.05, 3.63) is 52.0 Å². The van der Waals surface area contributed by atoms with Crippen LogP contribution in [0.25, 0.3) is 0 Å². The van der Waals surface area contributed by atoms with Crippen LogP contribution >= 0.6 is 11.3 Å². The fraction of sp³-hybridized carbons (Fsp3) is 0.520. The topological polar surface area (TPSA) is 49.9 Å². The summed E-state index contributed by atoms with van der Waals surface area (Å²) in [6, 6.07) is 7.80. The Hall–Kier alpha value is -2.41. The van der Waals surface area contributed by atoms with E-state index in [1.165, 1.54) is 17.0 Å². The molecule has 2 atom stereocenters. The molecule has 0 N–H and O–H groups in total. The molecule has 0 bridgehead atoms. The van der Waals surface area contributed by atoms with E-state index in [0.29, 0.717) is 18.7 Å². The zero-order valence-electron chi connectivity index (χ0n) is 19.3. The number of fused-ring (bicyclic) bond motifs is 1. The number of amides is 2. The first-order chi connectivity index (χ1) is 15.3. The van der Waals surface area contributed by atoms with Gasteiger partial charge >= 0.3 is 0 Å². The van der Waals surface area contributed by atoms with Crippen LogP contribution in [0.5, 0.6) is 5.75 Å². The van der Waals surface area contributed by atoms with Gasteiger partial charge in [0.15, 0.2) is 0 Å². The number of benzene rings is 1. The molecule has 2 aromatic rings. The number of nitrogens with zero attached hydrogens (tertiary/aromatic N) is 2. The zero-order valence-corrected chi connectivity index (χ0v) is 20.2. The van der Waals surface area contributed by atoms with Crippen molar-refractivity contribution >= 4 is 23.2 Å². The Balaban J connectivity index is 1.78. The van der Waals surface area contributed by atoms with Gasteiger partial charge in [-0.15, -0.1) is 11.3 Å². The predicted molar refractivity (Wildman–Crippen MR) is 125 cm³/mol. The van der Waals surface area contributed by atoms with Crippen LogP contribution in [0.3, 0.4) is 0 Å². The minimum atomic E-state index is -0.358. The summed E-state index contributed by atoms with van der Waals surface area (Å²) in [5.41, 5.74) is 1.08. The van der Waals surface area contributed by atoms with Crippen molar-refractivity contribution in [1.82, 2.24) is 9.80 Å². The number of carbonyl (C=O) groups excluding carboxylic acids is 2. The van der Waals surface area contributed by atoms with Gasteiger partial charge < -0.3 is 14.5 Å². The maximum atomic E-state index is 13.6. The second-order valence-electron chi connectivity index (χ2n) is 8.80. The van der Waals surface area contributed by atoms with Crippen molar-refractivity contribution in [2.24, 2.45) is 5.92 Å². The van der Waals surface area contributed by atoms with Gasteiger partial charge in [0.25, 0.3) is 0 Å². The van der Waals surface area contributed by atoms with Gasteiger partial charge in [0.05, 0.1) is 6.04 Å². The summed E-state index contributed by atoms with van der Waals surface area (Å²) in [7, 11) is 0. The molecule has 1 aromatic heterocycles. The maximum absolute atomic E-state index is 13.6. The van der Waals surface area contributed by atoms with E-state index >= 15 is 0 Å². The SMILES string of the molecule is CC[C@H](C)N(CC(=O)N1CCc2sccc2[C@@H]1COc1cccc(F)c1)C(=O)CC(C)C. The smallest absolute Gasteiger partial charge is 0.242 e. The summed E-state index contributed by atoms with van der Waals surface area (Å²) in [4.78, 5) is 31.1. The quantitative estimate of drug-likeness (QED) is 0.525. The predicted octanol–water partition coefficient (Wildman–Crippen LogP) is 5.07. The third kappa shape index (κ3) is 5.88. The molecule has 0 saturated carbocycles. The van der Waals surface area contributed by atoms with Crippen LogP contribution in [-0.2, 0) is 16.0 Å². The standard InChI is InChI=1S/C25H33FN2O3S/c1-5-18(4)28(24(29)13-17(2)3)15-25(30)27-11-9-23-21(10-12-32-23)22(27)16-31-20-8-6-7-19(26)14-20/h6-8,10,12,14,17-18,22H,5,9,11,13,15-16H2,1-4H3/t18-,22-/m0/s1. The molecule has 1 aromatic carbocycles. The van der Waals surface area contributed by atoms with Gasteiger partial charge in [-0.25, -0.2) is 4.39 Å². The summed E-state index contributed by atoms with van der Waals surface area (Å²) in [5.74, 6) is 0.256. The molecular formula is C25H33FN2O3S. The molecule has 1 aliphatic rings. The zero-order chi connectivity index (χ0) is 23.3. The normalized spacial score (nSPS) is 16.6. The van der Waals surface area contributed by atoms with E-state index in [2.05, 4.69) is 0 Å². The average Bonchev–Trinajstić information content (AvgIpc) is 3.23. The number of thiophene rings is 1. The van der Waals surface area contributed by atoms with E-state index in [1.807, 2.05) is 44.0 Å². The van der Waals surface area contributed by atoms with Gasteiger partial charge in [-0.3, -0.25) is 9.59 Å². The lowest BCUT2D eigenvalue weighted by Crippen LogP contribution is -2.50. The van der Waals surface area contributed by atoms with Gasteiger partial charge in [0, 0.05) is 30.0 Å². The lowest BCUT2D eigenvalue weighted by Gasteiger charge is -2.38. The van der Waals surface area contributed by atoms with Crippen molar-refractivity contribution in [3.63, 3.8) is 0 Å². The molecule has 0 aliphatic carbocycles. The fourth-order valence-electron chi connectivity index (χ4n) is 4.02. The van der Waals surface area contributed by atoms with Crippen LogP contribution in [0, 0.1) is 11.7 Å². The Morgan fingerprint density at radius 1 is 1.28 bits per heavy atom. The van der Waals surface area contributed by atoms with Gasteiger partial charge in [-0.1, -0.05) is 26.8 Å². The molecule has 0 fully saturated rings. The Morgan fingerprint density at radius 2 is 2.06 bits per heavy atom. The van der Waals surface area contributed by atoms with Crippen LogP contribution in [0.15, 0.2) is 35.7 Å². The summed E-state index contributed by atoms with van der Waals surface area (Å²) in [6.07, 6.45) is 2.01. The Labute approximate surface area is 194 Å². The highest BCUT2D eigenvalue weighted by atomic mass is 32.1. The molecule has 0 saturated heterocycles. The van der Waals surface area contributed by atoms with Gasteiger partial charge in [0.2, 0.25) is 11.8 Å². The molecule has 0 radical (unpaired) electrons. The molecule has 0 unspecified atom stereocenters. The average molecular weight is 461 g/mol. The highest BCUT2D eigenvalue weighted by Gasteiger charge is 2.34. The molecule has 174 valence electrons. The summed E-state index contributed by atoms with van der Waals surface area (Å²) >= 11 is 1.68. The molecule has 7 heteroatoms. The second-order valence-corrected chi connectivity index (χ2v) is 9.80. The Bertz CT molecular complexity index is 929. The highest BCUT2D eigenvalue weighted by Crippen LogP contribution is 2.34. The third-order valence-corrected chi connectivity index (χ3v) is 6.95. The van der Waals surface area contributed by atoms with Crippen molar-refractivity contribution in [1.29, 1.82) is 0 Å². The van der Waals surface area contributed by atoms with Crippen molar-refractivity contribution in [2.75, 3.05) is 19.7 Å². The van der Waals surface area contributed by atoms with Crippen molar-refractivity contribution < 1.29 is 18.7 Å². The lowest BCUT2D eigenvalue weighted by atomic mass is 10.00. The van der Waals surface area contributed by atoms with Crippen LogP contribution in [0.1, 0.15) is 57.0 Å². The molecule has 1 aliphatic heterocycles. The minimum absolute atomic E-state index is 0.00584. The van der Waals surface area contributed by atoms with E-state index in [1.54, 1.807) is 28.4 Å². The number of halogens is 1. The number of hydrogen-bond donors (Lipinski definition) is 0. The van der Waals surface area contributed by atoms with E-state index in [4.69, 9.17) is 4.74 Å². The fourth-order valence-corrected chi connectivity index (χ4v) is 4.95. The van der Waals surface area contributed by atoms with Crippen LogP contribution in [0.4, 0.5) is 4.39 Å². The van der Waals surface area contributed by atoms with Crippen LogP contribution in [-0.4, -0.2) is 47.4 Å². The first-order valence-electron chi connectivity index (χ1n) is 11.3. The maximum Gasteiger partial charge on any atom is 0.242 e. The van der Waals surface area contributed by atoms with Gasteiger partial charge in [0.1, 0.15) is 24.7 Å². The monoisotopic (exact) mass is 460 g/mol.